The molecule has 5 heteroatoms. The van der Waals surface area contributed by atoms with Crippen LogP contribution in [-0.4, -0.2) is 9.97 Å². The predicted molar refractivity (Wildman–Crippen MR) is 59.6 cm³/mol. The summed E-state index contributed by atoms with van der Waals surface area (Å²) in [4.78, 5) is 17.8. The molecular formula is C12H10F2N2O. The Labute approximate surface area is 96.2 Å². The maximum Gasteiger partial charge on any atom is 0.254 e. The molecule has 1 N–H and O–H groups in total. The smallest absolute Gasteiger partial charge is 0.254 e. The summed E-state index contributed by atoms with van der Waals surface area (Å²) in [5.41, 5.74) is -0.293. The Kier molecular flexibility index (Phi) is 2.99. The van der Waals surface area contributed by atoms with E-state index in [-0.39, 0.29) is 22.4 Å². The molecule has 1 heterocycles. The van der Waals surface area contributed by atoms with Gasteiger partial charge in [0.15, 0.2) is 0 Å². The van der Waals surface area contributed by atoms with Crippen LogP contribution in [0, 0.1) is 11.6 Å². The van der Waals surface area contributed by atoms with Crippen molar-refractivity contribution in [3.8, 4) is 11.3 Å². The van der Waals surface area contributed by atoms with E-state index in [9.17, 15) is 13.6 Å². The quantitative estimate of drug-likeness (QED) is 0.869. The highest BCUT2D eigenvalue weighted by Crippen LogP contribution is 2.25. The maximum absolute atomic E-state index is 13.6. The SMILES string of the molecule is CCc1c(-c2c(F)cccc2F)nc[nH]c1=O. The van der Waals surface area contributed by atoms with E-state index >= 15 is 0 Å². The summed E-state index contributed by atoms with van der Waals surface area (Å²) in [6.45, 7) is 1.73. The molecule has 0 bridgehead atoms. The van der Waals surface area contributed by atoms with Crippen LogP contribution in [0.2, 0.25) is 0 Å². The van der Waals surface area contributed by atoms with E-state index < -0.39 is 11.6 Å². The summed E-state index contributed by atoms with van der Waals surface area (Å²) in [6, 6.07) is 3.55. The Morgan fingerprint density at radius 2 is 1.94 bits per heavy atom. The molecule has 1 aromatic heterocycles. The molecule has 2 rings (SSSR count). The average Bonchev–Trinajstić information content (AvgIpc) is 2.29. The number of hydrogen-bond donors (Lipinski definition) is 1. The minimum absolute atomic E-state index is 0.0619. The molecule has 0 aliphatic heterocycles. The van der Waals surface area contributed by atoms with Crippen molar-refractivity contribution in [1.82, 2.24) is 9.97 Å². The summed E-state index contributed by atoms with van der Waals surface area (Å²) in [6.07, 6.45) is 1.50. The van der Waals surface area contributed by atoms with Gasteiger partial charge in [-0.15, -0.1) is 0 Å². The highest BCUT2D eigenvalue weighted by atomic mass is 19.1. The molecule has 0 aliphatic rings. The second kappa shape index (κ2) is 4.45. The van der Waals surface area contributed by atoms with Gasteiger partial charge in [0.05, 0.1) is 17.6 Å². The minimum atomic E-state index is -0.724. The Bertz CT molecular complexity index is 587. The third-order valence-electron chi connectivity index (χ3n) is 2.50. The number of halogens is 2. The first-order chi connectivity index (χ1) is 8.15. The molecule has 0 atom stereocenters. The molecule has 88 valence electrons. The molecule has 0 saturated carbocycles. The Balaban J connectivity index is 2.77. The van der Waals surface area contributed by atoms with Gasteiger partial charge >= 0.3 is 0 Å². The molecule has 3 nitrogen and oxygen atoms in total. The lowest BCUT2D eigenvalue weighted by Gasteiger charge is -2.07. The molecule has 2 aromatic rings. The fourth-order valence-electron chi connectivity index (χ4n) is 1.70. The number of benzene rings is 1. The van der Waals surface area contributed by atoms with Crippen LogP contribution >= 0.6 is 0 Å². The van der Waals surface area contributed by atoms with Gasteiger partial charge in [0.2, 0.25) is 0 Å². The number of aromatic nitrogens is 2. The zero-order valence-electron chi connectivity index (χ0n) is 9.13. The zero-order chi connectivity index (χ0) is 12.4. The van der Waals surface area contributed by atoms with Crippen LogP contribution in [0.15, 0.2) is 29.3 Å². The van der Waals surface area contributed by atoms with Gasteiger partial charge in [-0.1, -0.05) is 13.0 Å². The number of H-pyrrole nitrogens is 1. The van der Waals surface area contributed by atoms with Gasteiger partial charge in [-0.2, -0.15) is 0 Å². The molecule has 0 aliphatic carbocycles. The lowest BCUT2D eigenvalue weighted by molar-refractivity contribution is 0.588. The zero-order valence-corrected chi connectivity index (χ0v) is 9.13. The van der Waals surface area contributed by atoms with E-state index in [2.05, 4.69) is 9.97 Å². The van der Waals surface area contributed by atoms with Crippen molar-refractivity contribution in [3.05, 3.63) is 52.1 Å². The number of nitrogens with zero attached hydrogens (tertiary/aromatic N) is 1. The van der Waals surface area contributed by atoms with E-state index in [0.717, 1.165) is 18.5 Å². The third-order valence-corrected chi connectivity index (χ3v) is 2.50. The van der Waals surface area contributed by atoms with Gasteiger partial charge in [0, 0.05) is 5.56 Å². The van der Waals surface area contributed by atoms with Crippen LogP contribution in [0.25, 0.3) is 11.3 Å². The fraction of sp³-hybridized carbons (Fsp3) is 0.167. The van der Waals surface area contributed by atoms with Gasteiger partial charge in [-0.3, -0.25) is 4.79 Å². The van der Waals surface area contributed by atoms with Crippen LogP contribution < -0.4 is 5.56 Å². The van der Waals surface area contributed by atoms with Gasteiger partial charge < -0.3 is 4.98 Å². The molecule has 0 fully saturated rings. The summed E-state index contributed by atoms with van der Waals surface area (Å²) in [5.74, 6) is -1.45. The highest BCUT2D eigenvalue weighted by molar-refractivity contribution is 5.63. The second-order valence-electron chi connectivity index (χ2n) is 3.51. The topological polar surface area (TPSA) is 45.8 Å². The first-order valence-electron chi connectivity index (χ1n) is 5.16. The molecule has 0 amide bonds. The van der Waals surface area contributed by atoms with Gasteiger partial charge in [0.1, 0.15) is 11.6 Å². The average molecular weight is 236 g/mol. The predicted octanol–water partition coefficient (Wildman–Crippen LogP) is 2.28. The van der Waals surface area contributed by atoms with Gasteiger partial charge in [-0.25, -0.2) is 13.8 Å². The first kappa shape index (κ1) is 11.4. The van der Waals surface area contributed by atoms with Gasteiger partial charge in [0.25, 0.3) is 5.56 Å². The Hall–Kier alpha value is -2.04. The molecule has 0 unspecified atom stereocenters. The monoisotopic (exact) mass is 236 g/mol. The van der Waals surface area contributed by atoms with Crippen molar-refractivity contribution in [2.75, 3.05) is 0 Å². The Morgan fingerprint density at radius 1 is 1.29 bits per heavy atom. The van der Waals surface area contributed by atoms with E-state index in [1.807, 2.05) is 0 Å². The van der Waals surface area contributed by atoms with E-state index in [1.165, 1.54) is 6.07 Å². The van der Waals surface area contributed by atoms with E-state index in [0.29, 0.717) is 6.42 Å². The third kappa shape index (κ3) is 1.95. The first-order valence-corrected chi connectivity index (χ1v) is 5.16. The molecule has 0 spiro atoms. The molecule has 17 heavy (non-hydrogen) atoms. The maximum atomic E-state index is 13.6. The normalized spacial score (nSPS) is 10.5. The van der Waals surface area contributed by atoms with Gasteiger partial charge in [-0.05, 0) is 18.6 Å². The number of rotatable bonds is 2. The molecular weight excluding hydrogens is 226 g/mol. The lowest BCUT2D eigenvalue weighted by atomic mass is 10.0. The van der Waals surface area contributed by atoms with Crippen molar-refractivity contribution >= 4 is 0 Å². The number of nitrogens with one attached hydrogen (secondary N) is 1. The number of hydrogen-bond acceptors (Lipinski definition) is 2. The minimum Gasteiger partial charge on any atom is -0.313 e. The van der Waals surface area contributed by atoms with Crippen molar-refractivity contribution in [3.63, 3.8) is 0 Å². The summed E-state index contributed by atoms with van der Waals surface area (Å²) < 4.78 is 27.2. The molecule has 0 saturated heterocycles. The van der Waals surface area contributed by atoms with Crippen molar-refractivity contribution in [2.24, 2.45) is 0 Å². The van der Waals surface area contributed by atoms with Crippen LogP contribution in [0.1, 0.15) is 12.5 Å². The van der Waals surface area contributed by atoms with Crippen molar-refractivity contribution in [2.45, 2.75) is 13.3 Å². The molecule has 0 radical (unpaired) electrons. The largest absolute Gasteiger partial charge is 0.313 e. The molecule has 1 aromatic carbocycles. The summed E-state index contributed by atoms with van der Waals surface area (Å²) in [5, 5.41) is 0. The van der Waals surface area contributed by atoms with Crippen LogP contribution in [0.4, 0.5) is 8.78 Å². The second-order valence-corrected chi connectivity index (χ2v) is 3.51. The summed E-state index contributed by atoms with van der Waals surface area (Å²) in [7, 11) is 0. The lowest BCUT2D eigenvalue weighted by Crippen LogP contribution is -2.15. The van der Waals surface area contributed by atoms with Crippen LogP contribution in [0.5, 0.6) is 0 Å². The van der Waals surface area contributed by atoms with Crippen molar-refractivity contribution < 1.29 is 8.78 Å². The highest BCUT2D eigenvalue weighted by Gasteiger charge is 2.17. The number of aromatic amines is 1. The Morgan fingerprint density at radius 3 is 2.53 bits per heavy atom. The van der Waals surface area contributed by atoms with E-state index in [4.69, 9.17) is 0 Å². The van der Waals surface area contributed by atoms with Crippen molar-refractivity contribution in [1.29, 1.82) is 0 Å². The van der Waals surface area contributed by atoms with E-state index in [1.54, 1.807) is 6.92 Å². The van der Waals surface area contributed by atoms with Crippen LogP contribution in [-0.2, 0) is 6.42 Å². The van der Waals surface area contributed by atoms with Crippen LogP contribution in [0.3, 0.4) is 0 Å². The fourth-order valence-corrected chi connectivity index (χ4v) is 1.70. The summed E-state index contributed by atoms with van der Waals surface area (Å²) >= 11 is 0. The standard InChI is InChI=1S/C12H10F2N2O/c1-2-7-11(15-6-16-12(7)17)10-8(13)4-3-5-9(10)14/h3-6H,2H2,1H3,(H,15,16,17).